The molecule has 1 heterocycles. The first-order chi connectivity index (χ1) is 13.5. The minimum absolute atomic E-state index is 0.0915. The van der Waals surface area contributed by atoms with Crippen molar-refractivity contribution in [3.05, 3.63) is 89.7 Å². The van der Waals surface area contributed by atoms with Gasteiger partial charge in [0.05, 0.1) is 18.9 Å². The van der Waals surface area contributed by atoms with Crippen molar-refractivity contribution in [2.24, 2.45) is 0 Å². The highest BCUT2D eigenvalue weighted by atomic mass is 16.5. The van der Waals surface area contributed by atoms with Gasteiger partial charge in [0.2, 0.25) is 0 Å². The third-order valence-electron chi connectivity index (χ3n) is 4.56. The van der Waals surface area contributed by atoms with Gasteiger partial charge >= 0.3 is 5.97 Å². The lowest BCUT2D eigenvalue weighted by atomic mass is 9.79. The van der Waals surface area contributed by atoms with Crippen molar-refractivity contribution in [1.82, 2.24) is 4.98 Å². The Morgan fingerprint density at radius 3 is 2.39 bits per heavy atom. The molecule has 28 heavy (non-hydrogen) atoms. The Morgan fingerprint density at radius 2 is 1.75 bits per heavy atom. The van der Waals surface area contributed by atoms with Gasteiger partial charge in [0.15, 0.2) is 5.78 Å². The molecule has 0 saturated heterocycles. The minimum Gasteiger partial charge on any atom is -0.495 e. The number of aromatic nitrogens is 1. The summed E-state index contributed by atoms with van der Waals surface area (Å²) in [5.74, 6) is -0.788. The summed E-state index contributed by atoms with van der Waals surface area (Å²) in [5.41, 5.74) is 0.508. The van der Waals surface area contributed by atoms with Gasteiger partial charge in [-0.1, -0.05) is 30.3 Å². The lowest BCUT2D eigenvalue weighted by molar-refractivity contribution is -0.120. The van der Waals surface area contributed by atoms with Crippen LogP contribution in [0.25, 0.3) is 0 Å². The third-order valence-corrected chi connectivity index (χ3v) is 4.56. The zero-order chi connectivity index (χ0) is 20.1. The van der Waals surface area contributed by atoms with Gasteiger partial charge in [-0.3, -0.25) is 9.78 Å². The molecule has 6 heteroatoms. The summed E-state index contributed by atoms with van der Waals surface area (Å²) in [7, 11) is 1.52. The molecule has 0 bridgehead atoms. The summed E-state index contributed by atoms with van der Waals surface area (Å²) in [6, 6.07) is 17.3. The molecule has 0 amide bonds. The maximum absolute atomic E-state index is 13.1. The fourth-order valence-corrected chi connectivity index (χ4v) is 3.16. The number of ketones is 1. The highest BCUT2D eigenvalue weighted by Gasteiger charge is 2.40. The lowest BCUT2D eigenvalue weighted by Crippen LogP contribution is -2.43. The number of carboxylic acid groups (broad SMARTS) is 1. The smallest absolute Gasteiger partial charge is 0.335 e. The molecule has 3 aromatic rings. The Hall–Kier alpha value is -3.67. The van der Waals surface area contributed by atoms with Crippen LogP contribution in [0.1, 0.15) is 28.4 Å². The Bertz CT molecular complexity index is 1000. The highest BCUT2D eigenvalue weighted by Crippen LogP contribution is 2.36. The van der Waals surface area contributed by atoms with Crippen molar-refractivity contribution < 1.29 is 19.4 Å². The second kappa shape index (κ2) is 7.92. The normalized spacial score (nSPS) is 12.6. The number of nitrogens with zero attached hydrogens (tertiary/aromatic N) is 1. The molecule has 0 aliphatic heterocycles. The number of nitrogens with one attached hydrogen (secondary N) is 1. The van der Waals surface area contributed by atoms with E-state index >= 15 is 0 Å². The molecule has 2 N–H and O–H groups in total. The molecule has 1 aromatic heterocycles. The van der Waals surface area contributed by atoms with Crippen LogP contribution in [-0.2, 0) is 10.3 Å². The average Bonchev–Trinajstić information content (AvgIpc) is 2.72. The van der Waals surface area contributed by atoms with Crippen molar-refractivity contribution in [3.63, 3.8) is 0 Å². The fourth-order valence-electron chi connectivity index (χ4n) is 3.16. The van der Waals surface area contributed by atoms with E-state index in [1.54, 1.807) is 30.6 Å². The van der Waals surface area contributed by atoms with Crippen molar-refractivity contribution in [2.45, 2.75) is 12.5 Å². The van der Waals surface area contributed by atoms with Crippen molar-refractivity contribution in [1.29, 1.82) is 0 Å². The van der Waals surface area contributed by atoms with Crippen LogP contribution in [0, 0.1) is 0 Å². The van der Waals surface area contributed by atoms with Gasteiger partial charge in [-0.2, -0.15) is 0 Å². The number of Topliss-reactive ketones (excluding diaryl/α,β-unsaturated/α-hetero) is 1. The molecule has 1 atom stereocenters. The first kappa shape index (κ1) is 19.1. The van der Waals surface area contributed by atoms with Crippen LogP contribution >= 0.6 is 0 Å². The van der Waals surface area contributed by atoms with Crippen LogP contribution in [0.2, 0.25) is 0 Å². The molecule has 1 unspecified atom stereocenters. The number of carboxylic acids is 1. The maximum Gasteiger partial charge on any atom is 0.335 e. The first-order valence-corrected chi connectivity index (χ1v) is 8.65. The molecule has 0 saturated carbocycles. The summed E-state index contributed by atoms with van der Waals surface area (Å²) >= 11 is 0. The van der Waals surface area contributed by atoms with Gasteiger partial charge in [-0.25, -0.2) is 4.79 Å². The van der Waals surface area contributed by atoms with Crippen LogP contribution in [0.15, 0.2) is 73.1 Å². The van der Waals surface area contributed by atoms with E-state index in [4.69, 9.17) is 4.74 Å². The lowest BCUT2D eigenvalue weighted by Gasteiger charge is -2.34. The Morgan fingerprint density at radius 1 is 1.00 bits per heavy atom. The number of carbonyl (C=O) groups is 2. The number of hydrogen-bond acceptors (Lipinski definition) is 5. The zero-order valence-electron chi connectivity index (χ0n) is 15.5. The molecule has 6 nitrogen and oxygen atoms in total. The molecule has 3 rings (SSSR count). The summed E-state index contributed by atoms with van der Waals surface area (Å²) in [6.07, 6.45) is 3.12. The molecular formula is C22H20N2O4. The van der Waals surface area contributed by atoms with Gasteiger partial charge in [0.25, 0.3) is 0 Å². The number of benzene rings is 2. The van der Waals surface area contributed by atoms with E-state index < -0.39 is 11.5 Å². The quantitative estimate of drug-likeness (QED) is 0.653. The maximum atomic E-state index is 13.1. The predicted octanol–water partition coefficient (Wildman–Crippen LogP) is 3.73. The monoisotopic (exact) mass is 376 g/mol. The van der Waals surface area contributed by atoms with Crippen molar-refractivity contribution in [2.75, 3.05) is 12.4 Å². The number of ether oxygens (including phenoxy) is 1. The summed E-state index contributed by atoms with van der Waals surface area (Å²) in [5, 5.41) is 12.7. The second-order valence-electron chi connectivity index (χ2n) is 6.30. The Kier molecular flexibility index (Phi) is 5.40. The summed E-state index contributed by atoms with van der Waals surface area (Å²) in [4.78, 5) is 28.8. The number of methoxy groups -OCH3 is 1. The predicted molar refractivity (Wildman–Crippen MR) is 106 cm³/mol. The van der Waals surface area contributed by atoms with E-state index in [0.717, 1.165) is 0 Å². The average molecular weight is 376 g/mol. The third kappa shape index (κ3) is 3.57. The number of rotatable bonds is 7. The van der Waals surface area contributed by atoms with Gasteiger partial charge in [0.1, 0.15) is 11.3 Å². The Labute approximate surface area is 162 Å². The summed E-state index contributed by atoms with van der Waals surface area (Å²) in [6.45, 7) is 1.46. The van der Waals surface area contributed by atoms with Gasteiger partial charge in [-0.05, 0) is 42.8 Å². The highest BCUT2D eigenvalue weighted by molar-refractivity contribution is 5.96. The number of aromatic carboxylic acids is 1. The van der Waals surface area contributed by atoms with Gasteiger partial charge < -0.3 is 15.2 Å². The van der Waals surface area contributed by atoms with Crippen LogP contribution in [0.5, 0.6) is 5.75 Å². The van der Waals surface area contributed by atoms with Gasteiger partial charge in [0, 0.05) is 17.4 Å². The number of para-hydroxylation sites is 1. The van der Waals surface area contributed by atoms with E-state index in [0.29, 0.717) is 22.6 Å². The number of carbonyl (C=O) groups excluding carboxylic acids is 1. The van der Waals surface area contributed by atoms with Crippen LogP contribution < -0.4 is 10.1 Å². The molecule has 0 radical (unpaired) electrons. The van der Waals surface area contributed by atoms with Crippen LogP contribution in [0.4, 0.5) is 5.69 Å². The van der Waals surface area contributed by atoms with Gasteiger partial charge in [-0.15, -0.1) is 0 Å². The topological polar surface area (TPSA) is 88.5 Å². The van der Waals surface area contributed by atoms with Crippen molar-refractivity contribution in [3.8, 4) is 5.75 Å². The largest absolute Gasteiger partial charge is 0.495 e. The van der Waals surface area contributed by atoms with E-state index in [1.807, 2.05) is 30.3 Å². The number of hydrogen-bond donors (Lipinski definition) is 2. The van der Waals surface area contributed by atoms with E-state index in [2.05, 4.69) is 10.3 Å². The molecule has 0 aliphatic carbocycles. The number of pyridine rings is 1. The number of anilines is 1. The van der Waals surface area contributed by atoms with E-state index in [1.165, 1.54) is 26.2 Å². The molecule has 0 fully saturated rings. The van der Waals surface area contributed by atoms with Crippen LogP contribution in [0.3, 0.4) is 0 Å². The van der Waals surface area contributed by atoms with E-state index in [-0.39, 0.29) is 11.3 Å². The zero-order valence-corrected chi connectivity index (χ0v) is 15.5. The summed E-state index contributed by atoms with van der Waals surface area (Å²) < 4.78 is 5.28. The minimum atomic E-state index is -1.34. The molecule has 0 spiro atoms. The molecule has 142 valence electrons. The molecular weight excluding hydrogens is 356 g/mol. The SMILES string of the molecule is COc1cncc(C(Nc2ccccc2)(C(C)=O)c2cccc(C(=O)O)c2)c1. The standard InChI is InChI=1S/C22H20N2O4/c1-15(25)22(24-19-9-4-3-5-10-19,18-12-20(28-2)14-23-13-18)17-8-6-7-16(11-17)21(26)27/h3-14,24H,1-2H3,(H,26,27). The molecule has 2 aromatic carbocycles. The Balaban J connectivity index is 2.28. The fraction of sp³-hybridized carbons (Fsp3) is 0.136. The second-order valence-corrected chi connectivity index (χ2v) is 6.30. The van der Waals surface area contributed by atoms with Crippen LogP contribution in [-0.4, -0.2) is 29.0 Å². The molecule has 0 aliphatic rings. The van der Waals surface area contributed by atoms with Crippen molar-refractivity contribution >= 4 is 17.4 Å². The van der Waals surface area contributed by atoms with E-state index in [9.17, 15) is 14.7 Å². The first-order valence-electron chi connectivity index (χ1n) is 8.65.